The average Bonchev–Trinajstić information content (AvgIpc) is 2.55. The number of carbonyl (C=O) groups is 2. The van der Waals surface area contributed by atoms with Crippen LogP contribution in [0.4, 0.5) is 0 Å². The Bertz CT molecular complexity index is 793. The number of hydrogen-bond acceptors (Lipinski definition) is 2. The molecule has 0 fully saturated rings. The SMILES string of the molecule is CC(C)(C)NC(=O)/C(=C/c1ccccc1Cl)NC(=O)c1ccccc1. The van der Waals surface area contributed by atoms with E-state index in [0.29, 0.717) is 16.1 Å². The van der Waals surface area contributed by atoms with Crippen LogP contribution in [-0.2, 0) is 4.79 Å². The molecule has 5 heteroatoms. The average molecular weight is 357 g/mol. The van der Waals surface area contributed by atoms with Gasteiger partial charge in [-0.05, 0) is 50.6 Å². The van der Waals surface area contributed by atoms with E-state index in [0.717, 1.165) is 0 Å². The van der Waals surface area contributed by atoms with Crippen molar-refractivity contribution >= 4 is 29.5 Å². The monoisotopic (exact) mass is 356 g/mol. The van der Waals surface area contributed by atoms with E-state index in [1.807, 2.05) is 32.9 Å². The van der Waals surface area contributed by atoms with Gasteiger partial charge in [0.1, 0.15) is 5.70 Å². The van der Waals surface area contributed by atoms with Gasteiger partial charge in [0.2, 0.25) is 0 Å². The minimum atomic E-state index is -0.436. The zero-order chi connectivity index (χ0) is 18.4. The van der Waals surface area contributed by atoms with Crippen LogP contribution < -0.4 is 10.6 Å². The quantitative estimate of drug-likeness (QED) is 0.813. The van der Waals surface area contributed by atoms with Crippen LogP contribution in [0.15, 0.2) is 60.3 Å². The molecule has 0 saturated carbocycles. The van der Waals surface area contributed by atoms with E-state index in [9.17, 15) is 9.59 Å². The van der Waals surface area contributed by atoms with E-state index >= 15 is 0 Å². The second kappa shape index (κ2) is 7.99. The summed E-state index contributed by atoms with van der Waals surface area (Å²) >= 11 is 6.17. The standard InChI is InChI=1S/C20H21ClN2O2/c1-20(2,3)23-19(25)17(13-15-11-7-8-12-16(15)21)22-18(24)14-9-5-4-6-10-14/h4-13H,1-3H3,(H,22,24)(H,23,25)/b17-13-. The molecule has 2 N–H and O–H groups in total. The maximum atomic E-state index is 12.6. The van der Waals surface area contributed by atoms with Gasteiger partial charge in [0.05, 0.1) is 0 Å². The maximum absolute atomic E-state index is 12.6. The summed E-state index contributed by atoms with van der Waals surface area (Å²) in [5, 5.41) is 6.03. The lowest BCUT2D eigenvalue weighted by atomic mass is 10.1. The molecule has 0 spiro atoms. The highest BCUT2D eigenvalue weighted by Crippen LogP contribution is 2.18. The first kappa shape index (κ1) is 18.7. The number of hydrogen-bond donors (Lipinski definition) is 2. The summed E-state index contributed by atoms with van der Waals surface area (Å²) in [6, 6.07) is 15.8. The molecule has 25 heavy (non-hydrogen) atoms. The molecule has 0 aromatic heterocycles. The number of carbonyl (C=O) groups excluding carboxylic acids is 2. The molecule has 0 saturated heterocycles. The number of halogens is 1. The van der Waals surface area contributed by atoms with Crippen LogP contribution >= 0.6 is 11.6 Å². The summed E-state index contributed by atoms with van der Waals surface area (Å²) in [4.78, 5) is 25.0. The number of benzene rings is 2. The fourth-order valence-corrected chi connectivity index (χ4v) is 2.29. The van der Waals surface area contributed by atoms with Gasteiger partial charge in [-0.1, -0.05) is 48.0 Å². The van der Waals surface area contributed by atoms with E-state index in [1.54, 1.807) is 48.5 Å². The summed E-state index contributed by atoms with van der Waals surface area (Å²) in [7, 11) is 0. The minimum Gasteiger partial charge on any atom is -0.346 e. The summed E-state index contributed by atoms with van der Waals surface area (Å²) in [6.07, 6.45) is 1.57. The highest BCUT2D eigenvalue weighted by molar-refractivity contribution is 6.32. The van der Waals surface area contributed by atoms with E-state index in [4.69, 9.17) is 11.6 Å². The van der Waals surface area contributed by atoms with E-state index in [-0.39, 0.29) is 17.5 Å². The first-order chi connectivity index (χ1) is 11.8. The Morgan fingerprint density at radius 3 is 2.16 bits per heavy atom. The van der Waals surface area contributed by atoms with Crippen molar-refractivity contribution in [2.24, 2.45) is 0 Å². The topological polar surface area (TPSA) is 58.2 Å². The van der Waals surface area contributed by atoms with E-state index < -0.39 is 5.54 Å². The van der Waals surface area contributed by atoms with Gasteiger partial charge >= 0.3 is 0 Å². The molecule has 2 rings (SSSR count). The lowest BCUT2D eigenvalue weighted by Crippen LogP contribution is -2.44. The fraction of sp³-hybridized carbons (Fsp3) is 0.200. The second-order valence-corrected chi connectivity index (χ2v) is 7.01. The maximum Gasteiger partial charge on any atom is 0.268 e. The Labute approximate surface area is 152 Å². The van der Waals surface area contributed by atoms with Crippen molar-refractivity contribution in [1.82, 2.24) is 10.6 Å². The van der Waals surface area contributed by atoms with Crippen LogP contribution in [0, 0.1) is 0 Å². The van der Waals surface area contributed by atoms with E-state index in [1.165, 1.54) is 0 Å². The van der Waals surface area contributed by atoms with E-state index in [2.05, 4.69) is 10.6 Å². The zero-order valence-electron chi connectivity index (χ0n) is 14.5. The summed E-state index contributed by atoms with van der Waals surface area (Å²) in [5.74, 6) is -0.736. The van der Waals surface area contributed by atoms with Crippen molar-refractivity contribution in [3.05, 3.63) is 76.4 Å². The van der Waals surface area contributed by atoms with Crippen LogP contribution in [-0.4, -0.2) is 17.4 Å². The van der Waals surface area contributed by atoms with Gasteiger partial charge in [-0.15, -0.1) is 0 Å². The molecule has 0 unspecified atom stereocenters. The van der Waals surface area contributed by atoms with Gasteiger partial charge in [-0.3, -0.25) is 9.59 Å². The third-order valence-electron chi connectivity index (χ3n) is 3.22. The van der Waals surface area contributed by atoms with Crippen molar-refractivity contribution in [3.8, 4) is 0 Å². The molecule has 0 aliphatic rings. The van der Waals surface area contributed by atoms with Crippen LogP contribution in [0.3, 0.4) is 0 Å². The molecule has 0 heterocycles. The van der Waals surface area contributed by atoms with Crippen LogP contribution in [0.2, 0.25) is 5.02 Å². The Morgan fingerprint density at radius 2 is 1.56 bits per heavy atom. The first-order valence-electron chi connectivity index (χ1n) is 7.91. The molecule has 130 valence electrons. The van der Waals surface area contributed by atoms with Gasteiger partial charge in [0, 0.05) is 16.1 Å². The van der Waals surface area contributed by atoms with Gasteiger partial charge in [-0.25, -0.2) is 0 Å². The third kappa shape index (κ3) is 5.76. The summed E-state index contributed by atoms with van der Waals surface area (Å²) < 4.78 is 0. The highest BCUT2D eigenvalue weighted by atomic mass is 35.5. The Kier molecular flexibility index (Phi) is 5.99. The Morgan fingerprint density at radius 1 is 0.960 bits per heavy atom. The van der Waals surface area contributed by atoms with Crippen molar-refractivity contribution in [2.45, 2.75) is 26.3 Å². The molecule has 0 radical (unpaired) electrons. The van der Waals surface area contributed by atoms with Crippen LogP contribution in [0.1, 0.15) is 36.7 Å². The minimum absolute atomic E-state index is 0.136. The van der Waals surface area contributed by atoms with Gasteiger partial charge in [0.15, 0.2) is 0 Å². The third-order valence-corrected chi connectivity index (χ3v) is 3.57. The molecule has 2 aromatic carbocycles. The number of amides is 2. The number of rotatable bonds is 4. The predicted molar refractivity (Wildman–Crippen MR) is 101 cm³/mol. The molecule has 0 atom stereocenters. The lowest BCUT2D eigenvalue weighted by molar-refractivity contribution is -0.119. The normalized spacial score (nSPS) is 11.8. The molecular formula is C20H21ClN2O2. The first-order valence-corrected chi connectivity index (χ1v) is 8.29. The summed E-state index contributed by atoms with van der Waals surface area (Å²) in [5.41, 5.74) is 0.818. The molecular weight excluding hydrogens is 336 g/mol. The molecule has 4 nitrogen and oxygen atoms in total. The molecule has 0 bridgehead atoms. The molecule has 0 aliphatic heterocycles. The van der Waals surface area contributed by atoms with Crippen LogP contribution in [0.5, 0.6) is 0 Å². The fourth-order valence-electron chi connectivity index (χ4n) is 2.10. The lowest BCUT2D eigenvalue weighted by Gasteiger charge is -2.22. The van der Waals surface area contributed by atoms with Gasteiger partial charge in [-0.2, -0.15) is 0 Å². The number of nitrogens with one attached hydrogen (secondary N) is 2. The van der Waals surface area contributed by atoms with Crippen molar-refractivity contribution in [1.29, 1.82) is 0 Å². The Balaban J connectivity index is 2.34. The molecule has 0 aliphatic carbocycles. The van der Waals surface area contributed by atoms with Crippen molar-refractivity contribution in [2.75, 3.05) is 0 Å². The van der Waals surface area contributed by atoms with Gasteiger partial charge < -0.3 is 10.6 Å². The zero-order valence-corrected chi connectivity index (χ0v) is 15.2. The summed E-state index contributed by atoms with van der Waals surface area (Å²) in [6.45, 7) is 5.62. The molecule has 2 aromatic rings. The van der Waals surface area contributed by atoms with Gasteiger partial charge in [0.25, 0.3) is 11.8 Å². The van der Waals surface area contributed by atoms with Crippen molar-refractivity contribution < 1.29 is 9.59 Å². The van der Waals surface area contributed by atoms with Crippen molar-refractivity contribution in [3.63, 3.8) is 0 Å². The largest absolute Gasteiger partial charge is 0.346 e. The van der Waals surface area contributed by atoms with Crippen LogP contribution in [0.25, 0.3) is 6.08 Å². The Hall–Kier alpha value is -2.59. The molecule has 2 amide bonds. The predicted octanol–water partition coefficient (Wildman–Crippen LogP) is 4.03. The highest BCUT2D eigenvalue weighted by Gasteiger charge is 2.20. The second-order valence-electron chi connectivity index (χ2n) is 6.60. The smallest absolute Gasteiger partial charge is 0.268 e.